The van der Waals surface area contributed by atoms with Crippen molar-refractivity contribution in [3.63, 3.8) is 0 Å². The highest BCUT2D eigenvalue weighted by Gasteiger charge is 2.32. The van der Waals surface area contributed by atoms with Gasteiger partial charge in [0.25, 0.3) is 0 Å². The summed E-state index contributed by atoms with van der Waals surface area (Å²) < 4.78 is 59.5. The standard InChI is InChI=1S/C26H26F4N6O2/c1-36-22-8-6-16(38-17-9-11-32-23(14-17)35-24(37)19-4-2-3-10-31-19)13-21(22)34-25(36)33-20-12-15(26(28,29)30)5-7-18(20)27/h5-9,11-14,19,25,31,33-34H,2-4,10H2,1H3,(H,32,35,37). The average Bonchev–Trinajstić information content (AvgIpc) is 3.19. The zero-order valence-corrected chi connectivity index (χ0v) is 20.4. The average molecular weight is 531 g/mol. The fourth-order valence-corrected chi connectivity index (χ4v) is 4.45. The first-order valence-corrected chi connectivity index (χ1v) is 12.1. The summed E-state index contributed by atoms with van der Waals surface area (Å²) in [4.78, 5) is 18.4. The number of benzene rings is 2. The Labute approximate surface area is 216 Å². The lowest BCUT2D eigenvalue weighted by atomic mass is 10.0. The number of ether oxygens (including phenoxy) is 1. The molecule has 8 nitrogen and oxygen atoms in total. The molecule has 38 heavy (non-hydrogen) atoms. The van der Waals surface area contributed by atoms with Gasteiger partial charge in [0, 0.05) is 25.4 Å². The summed E-state index contributed by atoms with van der Waals surface area (Å²) in [7, 11) is 1.72. The number of hydrogen-bond acceptors (Lipinski definition) is 7. The summed E-state index contributed by atoms with van der Waals surface area (Å²) in [6.07, 6.45) is -0.938. The van der Waals surface area contributed by atoms with Gasteiger partial charge < -0.3 is 30.9 Å². The van der Waals surface area contributed by atoms with Gasteiger partial charge in [-0.15, -0.1) is 0 Å². The maximum atomic E-state index is 14.3. The number of alkyl halides is 3. The Hall–Kier alpha value is -4.06. The molecule has 200 valence electrons. The maximum absolute atomic E-state index is 14.3. The summed E-state index contributed by atoms with van der Waals surface area (Å²) in [6.45, 7) is 0.807. The van der Waals surface area contributed by atoms with Gasteiger partial charge in [0.2, 0.25) is 5.91 Å². The van der Waals surface area contributed by atoms with Crippen LogP contribution < -0.4 is 30.9 Å². The number of carbonyl (C=O) groups is 1. The van der Waals surface area contributed by atoms with Crippen LogP contribution in [0, 0.1) is 5.82 Å². The molecule has 0 spiro atoms. The van der Waals surface area contributed by atoms with Crippen LogP contribution in [0.4, 0.5) is 40.4 Å². The summed E-state index contributed by atoms with van der Waals surface area (Å²) in [5.74, 6) is 0.362. The molecule has 1 amide bonds. The van der Waals surface area contributed by atoms with Crippen LogP contribution in [0.3, 0.4) is 0 Å². The fraction of sp³-hybridized carbons (Fsp3) is 0.308. The smallest absolute Gasteiger partial charge is 0.416 e. The highest BCUT2D eigenvalue weighted by Crippen LogP contribution is 2.39. The van der Waals surface area contributed by atoms with Crippen LogP contribution in [0.25, 0.3) is 0 Å². The molecule has 2 aliphatic rings. The number of nitrogens with zero attached hydrogens (tertiary/aromatic N) is 2. The first-order chi connectivity index (χ1) is 18.2. The first kappa shape index (κ1) is 25.6. The number of halogens is 4. The lowest BCUT2D eigenvalue weighted by molar-refractivity contribution is -0.137. The third-order valence-corrected chi connectivity index (χ3v) is 6.46. The van der Waals surface area contributed by atoms with Gasteiger partial charge in [-0.2, -0.15) is 13.2 Å². The van der Waals surface area contributed by atoms with Gasteiger partial charge in [-0.3, -0.25) is 4.79 Å². The molecule has 0 aliphatic carbocycles. The Balaban J connectivity index is 1.26. The second-order valence-electron chi connectivity index (χ2n) is 9.14. The lowest BCUT2D eigenvalue weighted by Gasteiger charge is -2.24. The third-order valence-electron chi connectivity index (χ3n) is 6.46. The van der Waals surface area contributed by atoms with E-state index in [1.54, 1.807) is 42.3 Å². The number of aromatic nitrogens is 1. The zero-order chi connectivity index (χ0) is 26.9. The summed E-state index contributed by atoms with van der Waals surface area (Å²) >= 11 is 0. The Morgan fingerprint density at radius 3 is 2.68 bits per heavy atom. The Morgan fingerprint density at radius 1 is 1.11 bits per heavy atom. The summed E-state index contributed by atoms with van der Waals surface area (Å²) in [5, 5.41) is 11.9. The SMILES string of the molecule is CN1c2ccc(Oc3ccnc(NC(=O)C4CCCCN4)c3)cc2NC1Nc1cc(C(F)(F)F)ccc1F. The molecule has 2 atom stereocenters. The largest absolute Gasteiger partial charge is 0.457 e. The van der Waals surface area contributed by atoms with Crippen LogP contribution in [-0.2, 0) is 11.0 Å². The second kappa shape index (κ2) is 10.4. The highest BCUT2D eigenvalue weighted by molar-refractivity contribution is 5.94. The van der Waals surface area contributed by atoms with Crippen LogP contribution in [0.15, 0.2) is 54.7 Å². The van der Waals surface area contributed by atoms with Gasteiger partial charge in [0.1, 0.15) is 23.1 Å². The normalized spacial score (nSPS) is 18.9. The molecule has 1 fully saturated rings. The van der Waals surface area contributed by atoms with E-state index >= 15 is 0 Å². The molecule has 2 aliphatic heterocycles. The Morgan fingerprint density at radius 2 is 1.92 bits per heavy atom. The van der Waals surface area contributed by atoms with Crippen molar-refractivity contribution in [3.8, 4) is 11.5 Å². The van der Waals surface area contributed by atoms with E-state index in [0.29, 0.717) is 29.1 Å². The number of nitrogens with one attached hydrogen (secondary N) is 4. The number of hydrogen-bond donors (Lipinski definition) is 4. The minimum absolute atomic E-state index is 0.144. The minimum Gasteiger partial charge on any atom is -0.457 e. The molecular formula is C26H26F4N6O2. The zero-order valence-electron chi connectivity index (χ0n) is 20.4. The van der Waals surface area contributed by atoms with Crippen LogP contribution in [0.5, 0.6) is 11.5 Å². The van der Waals surface area contributed by atoms with Crippen molar-refractivity contribution in [2.24, 2.45) is 0 Å². The number of fused-ring (bicyclic) bond motifs is 1. The van der Waals surface area contributed by atoms with E-state index in [-0.39, 0.29) is 17.6 Å². The molecule has 2 aromatic carbocycles. The molecule has 4 N–H and O–H groups in total. The van der Waals surface area contributed by atoms with Crippen molar-refractivity contribution in [1.29, 1.82) is 0 Å². The molecule has 1 saturated heterocycles. The van der Waals surface area contributed by atoms with Gasteiger partial charge in [-0.25, -0.2) is 9.37 Å². The lowest BCUT2D eigenvalue weighted by Crippen LogP contribution is -2.43. The van der Waals surface area contributed by atoms with E-state index in [1.165, 1.54) is 6.20 Å². The number of pyridine rings is 1. The molecule has 0 radical (unpaired) electrons. The Kier molecular flexibility index (Phi) is 6.98. The van der Waals surface area contributed by atoms with Crippen LogP contribution in [0.2, 0.25) is 0 Å². The quantitative estimate of drug-likeness (QED) is 0.319. The van der Waals surface area contributed by atoms with E-state index in [9.17, 15) is 22.4 Å². The van der Waals surface area contributed by atoms with Crippen molar-refractivity contribution in [1.82, 2.24) is 10.3 Å². The van der Waals surface area contributed by atoms with Gasteiger partial charge in [-0.1, -0.05) is 6.42 Å². The van der Waals surface area contributed by atoms with E-state index in [4.69, 9.17) is 4.74 Å². The van der Waals surface area contributed by atoms with Crippen LogP contribution >= 0.6 is 0 Å². The number of amides is 1. The molecule has 3 heterocycles. The third kappa shape index (κ3) is 5.59. The molecule has 2 unspecified atom stereocenters. The van der Waals surface area contributed by atoms with Crippen molar-refractivity contribution in [3.05, 3.63) is 66.1 Å². The van der Waals surface area contributed by atoms with Crippen molar-refractivity contribution >= 4 is 28.8 Å². The predicted molar refractivity (Wildman–Crippen MR) is 136 cm³/mol. The van der Waals surface area contributed by atoms with Crippen LogP contribution in [0.1, 0.15) is 24.8 Å². The van der Waals surface area contributed by atoms with E-state index < -0.39 is 23.8 Å². The molecule has 3 aromatic rings. The van der Waals surface area contributed by atoms with Gasteiger partial charge in [0.05, 0.1) is 28.7 Å². The molecule has 0 bridgehead atoms. The monoisotopic (exact) mass is 530 g/mol. The van der Waals surface area contributed by atoms with Gasteiger partial charge >= 0.3 is 6.18 Å². The number of anilines is 4. The van der Waals surface area contributed by atoms with Crippen molar-refractivity contribution < 1.29 is 27.1 Å². The first-order valence-electron chi connectivity index (χ1n) is 12.1. The molecule has 0 saturated carbocycles. The maximum Gasteiger partial charge on any atom is 0.416 e. The predicted octanol–water partition coefficient (Wildman–Crippen LogP) is 5.37. The molecule has 1 aromatic heterocycles. The minimum atomic E-state index is -4.59. The van der Waals surface area contributed by atoms with Crippen molar-refractivity contribution in [2.45, 2.75) is 37.8 Å². The van der Waals surface area contributed by atoms with E-state index in [1.807, 2.05) is 0 Å². The highest BCUT2D eigenvalue weighted by atomic mass is 19.4. The topological polar surface area (TPSA) is 90.5 Å². The second-order valence-corrected chi connectivity index (χ2v) is 9.14. The number of rotatable bonds is 6. The van der Waals surface area contributed by atoms with Gasteiger partial charge in [-0.05, 0) is 55.8 Å². The fourth-order valence-electron chi connectivity index (χ4n) is 4.45. The number of piperidine rings is 1. The van der Waals surface area contributed by atoms with Gasteiger partial charge in [0.15, 0.2) is 6.29 Å². The molecule has 12 heteroatoms. The summed E-state index contributed by atoms with van der Waals surface area (Å²) in [6, 6.07) is 10.5. The molecule has 5 rings (SSSR count). The van der Waals surface area contributed by atoms with E-state index in [0.717, 1.165) is 43.6 Å². The van der Waals surface area contributed by atoms with Crippen LogP contribution in [-0.4, -0.2) is 36.8 Å². The summed E-state index contributed by atoms with van der Waals surface area (Å²) in [5.41, 5.74) is 0.159. The van der Waals surface area contributed by atoms with Crippen molar-refractivity contribution in [2.75, 3.05) is 34.4 Å². The van der Waals surface area contributed by atoms with E-state index in [2.05, 4.69) is 26.3 Å². The number of carbonyl (C=O) groups excluding carboxylic acids is 1. The Bertz CT molecular complexity index is 1330. The molecular weight excluding hydrogens is 504 g/mol.